The van der Waals surface area contributed by atoms with Crippen LogP contribution < -0.4 is 15.5 Å². The van der Waals surface area contributed by atoms with Crippen molar-refractivity contribution in [2.45, 2.75) is 12.8 Å². The highest BCUT2D eigenvalue weighted by Crippen LogP contribution is 2.20. The molecule has 4 rings (SSSR count). The van der Waals surface area contributed by atoms with Crippen molar-refractivity contribution in [2.75, 3.05) is 31.1 Å². The predicted molar refractivity (Wildman–Crippen MR) is 115 cm³/mol. The Morgan fingerprint density at radius 3 is 2.62 bits per heavy atom. The van der Waals surface area contributed by atoms with Crippen molar-refractivity contribution in [2.24, 2.45) is 5.92 Å². The van der Waals surface area contributed by atoms with Gasteiger partial charge in [-0.3, -0.25) is 14.5 Å². The Morgan fingerprint density at radius 1 is 1.03 bits per heavy atom. The summed E-state index contributed by atoms with van der Waals surface area (Å²) in [6, 6.07) is 16.9. The van der Waals surface area contributed by atoms with Gasteiger partial charge in [-0.05, 0) is 67.6 Å². The summed E-state index contributed by atoms with van der Waals surface area (Å²) in [5.74, 6) is 0.169. The van der Waals surface area contributed by atoms with E-state index in [0.29, 0.717) is 23.7 Å². The molecule has 0 spiro atoms. The average molecular weight is 390 g/mol. The molecular weight excluding hydrogens is 364 g/mol. The molecular formula is C23H26N4O2. The van der Waals surface area contributed by atoms with Crippen molar-refractivity contribution in [1.82, 2.24) is 15.6 Å². The van der Waals surface area contributed by atoms with Crippen LogP contribution in [0, 0.1) is 5.92 Å². The molecule has 6 nitrogen and oxygen atoms in total. The van der Waals surface area contributed by atoms with E-state index in [0.717, 1.165) is 36.8 Å². The van der Waals surface area contributed by atoms with Crippen molar-refractivity contribution in [3.05, 3.63) is 66.4 Å². The fraction of sp³-hybridized carbons (Fsp3) is 0.304. The molecule has 0 atom stereocenters. The van der Waals surface area contributed by atoms with Crippen LogP contribution in [0.25, 0.3) is 10.9 Å². The van der Waals surface area contributed by atoms with Crippen LogP contribution in [0.3, 0.4) is 0 Å². The minimum atomic E-state index is -0.190. The van der Waals surface area contributed by atoms with Crippen LogP contribution in [0.1, 0.15) is 23.2 Å². The fourth-order valence-electron chi connectivity index (χ4n) is 3.77. The van der Waals surface area contributed by atoms with Gasteiger partial charge in [-0.1, -0.05) is 24.3 Å². The molecule has 1 aliphatic rings. The monoisotopic (exact) mass is 390 g/mol. The van der Waals surface area contributed by atoms with E-state index < -0.39 is 0 Å². The summed E-state index contributed by atoms with van der Waals surface area (Å²) in [7, 11) is 0. The number of carbonyl (C=O) groups excluding carboxylic acids is 2. The molecule has 1 aliphatic heterocycles. The number of anilines is 1. The standard InChI is InChI=1S/C23H26N4O2/c28-22(26-15-17-8-11-24-12-9-17)16-27(20-4-2-1-3-5-20)23(29)19-7-6-18-10-13-25-21(18)14-19/h1-7,10,13-14,17,24-25H,8-9,11-12,15-16H2,(H,26,28). The minimum absolute atomic E-state index is 0.00339. The Balaban J connectivity index is 1.50. The Kier molecular flexibility index (Phi) is 5.91. The van der Waals surface area contributed by atoms with E-state index in [9.17, 15) is 9.59 Å². The number of amides is 2. The molecule has 1 saturated heterocycles. The molecule has 3 aromatic rings. The van der Waals surface area contributed by atoms with Gasteiger partial charge < -0.3 is 15.6 Å². The van der Waals surface area contributed by atoms with E-state index in [-0.39, 0.29) is 18.4 Å². The first kappa shape index (κ1) is 19.2. The maximum absolute atomic E-state index is 13.3. The van der Waals surface area contributed by atoms with Gasteiger partial charge in [0.15, 0.2) is 0 Å². The Bertz CT molecular complexity index is 977. The molecule has 0 bridgehead atoms. The summed E-state index contributed by atoms with van der Waals surface area (Å²) in [4.78, 5) is 30.6. The number of H-pyrrole nitrogens is 1. The predicted octanol–water partition coefficient (Wildman–Crippen LogP) is 2.93. The van der Waals surface area contributed by atoms with E-state index in [1.54, 1.807) is 11.0 Å². The molecule has 1 fully saturated rings. The lowest BCUT2D eigenvalue weighted by Gasteiger charge is -2.25. The molecule has 2 aromatic carbocycles. The summed E-state index contributed by atoms with van der Waals surface area (Å²) in [5.41, 5.74) is 2.16. The molecule has 0 aliphatic carbocycles. The van der Waals surface area contributed by atoms with Crippen molar-refractivity contribution in [3.8, 4) is 0 Å². The molecule has 150 valence electrons. The van der Waals surface area contributed by atoms with E-state index in [2.05, 4.69) is 15.6 Å². The van der Waals surface area contributed by atoms with E-state index in [1.807, 2.05) is 54.7 Å². The third-order valence-corrected chi connectivity index (χ3v) is 5.46. The lowest BCUT2D eigenvalue weighted by Crippen LogP contribution is -2.43. The number of hydrogen-bond acceptors (Lipinski definition) is 3. The highest BCUT2D eigenvalue weighted by atomic mass is 16.2. The third-order valence-electron chi connectivity index (χ3n) is 5.46. The van der Waals surface area contributed by atoms with Gasteiger partial charge in [-0.25, -0.2) is 0 Å². The SMILES string of the molecule is O=C(CN(C(=O)c1ccc2cc[nH]c2c1)c1ccccc1)NCC1CCNCC1. The lowest BCUT2D eigenvalue weighted by atomic mass is 9.98. The Labute approximate surface area is 170 Å². The van der Waals surface area contributed by atoms with Crippen LogP contribution in [0.5, 0.6) is 0 Å². The quantitative estimate of drug-likeness (QED) is 0.606. The maximum atomic E-state index is 13.3. The average Bonchev–Trinajstić information content (AvgIpc) is 3.25. The summed E-state index contributed by atoms with van der Waals surface area (Å²) in [6.07, 6.45) is 3.98. The number of benzene rings is 2. The van der Waals surface area contributed by atoms with Crippen LogP contribution in [0.2, 0.25) is 0 Å². The summed E-state index contributed by atoms with van der Waals surface area (Å²) in [6.45, 7) is 2.65. The van der Waals surface area contributed by atoms with E-state index in [4.69, 9.17) is 0 Å². The van der Waals surface area contributed by atoms with Gasteiger partial charge in [0.1, 0.15) is 6.54 Å². The first-order valence-corrected chi connectivity index (χ1v) is 10.1. The highest BCUT2D eigenvalue weighted by molar-refractivity contribution is 6.10. The van der Waals surface area contributed by atoms with Gasteiger partial charge in [-0.2, -0.15) is 0 Å². The number of nitrogens with one attached hydrogen (secondary N) is 3. The van der Waals surface area contributed by atoms with Crippen molar-refractivity contribution < 1.29 is 9.59 Å². The van der Waals surface area contributed by atoms with Gasteiger partial charge in [0.05, 0.1) is 0 Å². The Hall–Kier alpha value is -3.12. The normalized spacial score (nSPS) is 14.6. The number of nitrogens with zero attached hydrogens (tertiary/aromatic N) is 1. The molecule has 6 heteroatoms. The number of carbonyl (C=O) groups is 2. The number of rotatable bonds is 6. The molecule has 3 N–H and O–H groups in total. The molecule has 0 unspecified atom stereocenters. The third kappa shape index (κ3) is 4.66. The van der Waals surface area contributed by atoms with Crippen LogP contribution in [-0.2, 0) is 4.79 Å². The number of para-hydroxylation sites is 1. The number of fused-ring (bicyclic) bond motifs is 1. The molecule has 2 amide bonds. The summed E-state index contributed by atoms with van der Waals surface area (Å²) < 4.78 is 0. The van der Waals surface area contributed by atoms with Gasteiger partial charge in [0.2, 0.25) is 5.91 Å². The second-order valence-corrected chi connectivity index (χ2v) is 7.50. The summed E-state index contributed by atoms with van der Waals surface area (Å²) >= 11 is 0. The number of aromatic nitrogens is 1. The molecule has 1 aromatic heterocycles. The van der Waals surface area contributed by atoms with E-state index in [1.165, 1.54) is 0 Å². The first-order valence-electron chi connectivity index (χ1n) is 10.1. The van der Waals surface area contributed by atoms with Crippen molar-refractivity contribution >= 4 is 28.4 Å². The summed E-state index contributed by atoms with van der Waals surface area (Å²) in [5, 5.41) is 7.40. The fourth-order valence-corrected chi connectivity index (χ4v) is 3.77. The number of aromatic amines is 1. The smallest absolute Gasteiger partial charge is 0.258 e. The zero-order valence-electron chi connectivity index (χ0n) is 16.4. The molecule has 2 heterocycles. The number of hydrogen-bond donors (Lipinski definition) is 3. The maximum Gasteiger partial charge on any atom is 0.258 e. The zero-order valence-corrected chi connectivity index (χ0v) is 16.4. The lowest BCUT2D eigenvalue weighted by molar-refractivity contribution is -0.119. The zero-order chi connectivity index (χ0) is 20.1. The van der Waals surface area contributed by atoms with Crippen LogP contribution in [0.4, 0.5) is 5.69 Å². The molecule has 29 heavy (non-hydrogen) atoms. The molecule has 0 saturated carbocycles. The van der Waals surface area contributed by atoms with E-state index >= 15 is 0 Å². The van der Waals surface area contributed by atoms with Crippen LogP contribution >= 0.6 is 0 Å². The minimum Gasteiger partial charge on any atom is -0.361 e. The Morgan fingerprint density at radius 2 is 1.83 bits per heavy atom. The van der Waals surface area contributed by atoms with Gasteiger partial charge in [-0.15, -0.1) is 0 Å². The van der Waals surface area contributed by atoms with Crippen molar-refractivity contribution in [1.29, 1.82) is 0 Å². The second-order valence-electron chi connectivity index (χ2n) is 7.50. The second kappa shape index (κ2) is 8.92. The van der Waals surface area contributed by atoms with Gasteiger partial charge in [0, 0.05) is 29.5 Å². The van der Waals surface area contributed by atoms with Crippen molar-refractivity contribution in [3.63, 3.8) is 0 Å². The van der Waals surface area contributed by atoms with Gasteiger partial charge >= 0.3 is 0 Å². The topological polar surface area (TPSA) is 77.2 Å². The van der Waals surface area contributed by atoms with Crippen LogP contribution in [-0.4, -0.2) is 43.0 Å². The largest absolute Gasteiger partial charge is 0.361 e. The first-order chi connectivity index (χ1) is 14.2. The van der Waals surface area contributed by atoms with Gasteiger partial charge in [0.25, 0.3) is 5.91 Å². The molecule has 0 radical (unpaired) electrons. The van der Waals surface area contributed by atoms with Crippen LogP contribution in [0.15, 0.2) is 60.8 Å². The number of piperidine rings is 1. The highest BCUT2D eigenvalue weighted by Gasteiger charge is 2.22.